The Balaban J connectivity index is 2.53. The second-order valence-electron chi connectivity index (χ2n) is 2.43. The molecule has 0 saturated heterocycles. The number of anilines is 1. The van der Waals surface area contributed by atoms with Gasteiger partial charge in [-0.2, -0.15) is 4.52 Å². The van der Waals surface area contributed by atoms with Gasteiger partial charge in [-0.05, 0) is 13.0 Å². The van der Waals surface area contributed by atoms with Crippen LogP contribution >= 0.6 is 0 Å². The van der Waals surface area contributed by atoms with E-state index in [-0.39, 0.29) is 5.95 Å². The fourth-order valence-corrected chi connectivity index (χ4v) is 1.01. The molecule has 0 aliphatic heterocycles. The number of aromatic nitrogens is 4. The number of nitrogens with two attached hydrogens (primary N) is 1. The van der Waals surface area contributed by atoms with Crippen LogP contribution in [0.4, 0.5) is 5.95 Å². The van der Waals surface area contributed by atoms with Gasteiger partial charge in [-0.15, -0.1) is 15.3 Å². The zero-order valence-electron chi connectivity index (χ0n) is 7.14. The van der Waals surface area contributed by atoms with Gasteiger partial charge >= 0.3 is 0 Å². The van der Waals surface area contributed by atoms with Crippen molar-refractivity contribution in [3.8, 4) is 5.88 Å². The lowest BCUT2D eigenvalue weighted by Gasteiger charge is -2.00. The summed E-state index contributed by atoms with van der Waals surface area (Å²) in [7, 11) is 0. The minimum atomic E-state index is 0.261. The lowest BCUT2D eigenvalue weighted by atomic mass is 10.5. The molecular weight excluding hydrogens is 170 g/mol. The van der Waals surface area contributed by atoms with Gasteiger partial charge in [0.25, 0.3) is 0 Å². The van der Waals surface area contributed by atoms with Crippen molar-refractivity contribution in [2.75, 3.05) is 12.3 Å². The van der Waals surface area contributed by atoms with Crippen molar-refractivity contribution in [3.05, 3.63) is 12.1 Å². The summed E-state index contributed by atoms with van der Waals surface area (Å²) in [6, 6.07) is 3.48. The van der Waals surface area contributed by atoms with Crippen LogP contribution in [0.3, 0.4) is 0 Å². The fraction of sp³-hybridized carbons (Fsp3) is 0.286. The summed E-state index contributed by atoms with van der Waals surface area (Å²) in [4.78, 5) is 0. The molecule has 0 radical (unpaired) electrons. The van der Waals surface area contributed by atoms with Gasteiger partial charge < -0.3 is 10.5 Å². The maximum Gasteiger partial charge on any atom is 0.243 e. The lowest BCUT2D eigenvalue weighted by molar-refractivity contribution is 0.321. The van der Waals surface area contributed by atoms with Crippen LogP contribution in [-0.2, 0) is 0 Å². The molecule has 0 fully saturated rings. The number of nitrogens with zero attached hydrogens (tertiary/aromatic N) is 4. The van der Waals surface area contributed by atoms with Crippen molar-refractivity contribution in [2.24, 2.45) is 0 Å². The van der Waals surface area contributed by atoms with Gasteiger partial charge in [-0.3, -0.25) is 0 Å². The van der Waals surface area contributed by atoms with E-state index in [0.717, 1.165) is 0 Å². The molecule has 0 saturated carbocycles. The summed E-state index contributed by atoms with van der Waals surface area (Å²) in [5.74, 6) is 0.776. The topological polar surface area (TPSA) is 78.3 Å². The summed E-state index contributed by atoms with van der Waals surface area (Å²) in [5.41, 5.74) is 6.12. The molecule has 2 heterocycles. The number of hydrogen-bond donors (Lipinski definition) is 1. The SMILES string of the molecule is CCOc1ccc2nnc(N)n2n1. The lowest BCUT2D eigenvalue weighted by Crippen LogP contribution is -2.01. The molecular formula is C7H9N5O. The third-order valence-electron chi connectivity index (χ3n) is 1.55. The third kappa shape index (κ3) is 1.26. The van der Waals surface area contributed by atoms with Crippen molar-refractivity contribution in [1.82, 2.24) is 19.8 Å². The van der Waals surface area contributed by atoms with Gasteiger partial charge in [-0.25, -0.2) is 0 Å². The van der Waals surface area contributed by atoms with E-state index in [9.17, 15) is 0 Å². The van der Waals surface area contributed by atoms with Crippen LogP contribution in [0.1, 0.15) is 6.92 Å². The molecule has 68 valence electrons. The van der Waals surface area contributed by atoms with E-state index >= 15 is 0 Å². The molecule has 6 heteroatoms. The monoisotopic (exact) mass is 179 g/mol. The Labute approximate surface area is 74.3 Å². The minimum Gasteiger partial charge on any atom is -0.477 e. The van der Waals surface area contributed by atoms with Crippen LogP contribution in [0.2, 0.25) is 0 Å². The van der Waals surface area contributed by atoms with Crippen molar-refractivity contribution >= 4 is 11.6 Å². The number of hydrogen-bond acceptors (Lipinski definition) is 5. The maximum absolute atomic E-state index is 5.51. The first kappa shape index (κ1) is 7.78. The number of ether oxygens (including phenoxy) is 1. The molecule has 2 N–H and O–H groups in total. The van der Waals surface area contributed by atoms with Crippen molar-refractivity contribution in [1.29, 1.82) is 0 Å². The molecule has 0 atom stereocenters. The van der Waals surface area contributed by atoms with E-state index in [1.54, 1.807) is 12.1 Å². The molecule has 0 aliphatic rings. The highest BCUT2D eigenvalue weighted by molar-refractivity contribution is 5.42. The largest absolute Gasteiger partial charge is 0.477 e. The predicted molar refractivity (Wildman–Crippen MR) is 46.4 cm³/mol. The first-order valence-corrected chi connectivity index (χ1v) is 3.92. The van der Waals surface area contributed by atoms with Crippen LogP contribution in [-0.4, -0.2) is 26.4 Å². The van der Waals surface area contributed by atoms with Crippen molar-refractivity contribution in [3.63, 3.8) is 0 Å². The molecule has 0 aromatic carbocycles. The van der Waals surface area contributed by atoms with Crippen molar-refractivity contribution in [2.45, 2.75) is 6.92 Å². The van der Waals surface area contributed by atoms with E-state index in [0.29, 0.717) is 18.1 Å². The maximum atomic E-state index is 5.51. The average molecular weight is 179 g/mol. The highest BCUT2D eigenvalue weighted by atomic mass is 16.5. The van der Waals surface area contributed by atoms with E-state index in [4.69, 9.17) is 10.5 Å². The first-order chi connectivity index (χ1) is 6.31. The molecule has 2 aromatic rings. The molecule has 13 heavy (non-hydrogen) atoms. The zero-order valence-corrected chi connectivity index (χ0v) is 7.14. The fourth-order valence-electron chi connectivity index (χ4n) is 1.01. The van der Waals surface area contributed by atoms with Crippen LogP contribution in [0.5, 0.6) is 5.88 Å². The Bertz CT molecular complexity index is 424. The summed E-state index contributed by atoms with van der Waals surface area (Å²) >= 11 is 0. The standard InChI is InChI=1S/C7H9N5O/c1-2-13-6-4-3-5-9-10-7(8)12(5)11-6/h3-4H,2H2,1H3,(H2,8,10). The van der Waals surface area contributed by atoms with Crippen LogP contribution in [0.15, 0.2) is 12.1 Å². The van der Waals surface area contributed by atoms with Gasteiger partial charge in [0.2, 0.25) is 11.8 Å². The van der Waals surface area contributed by atoms with E-state index in [1.165, 1.54) is 4.52 Å². The van der Waals surface area contributed by atoms with E-state index in [1.807, 2.05) is 6.92 Å². The smallest absolute Gasteiger partial charge is 0.243 e. The number of rotatable bonds is 2. The normalized spacial score (nSPS) is 10.5. The molecule has 2 aromatic heterocycles. The Hall–Kier alpha value is -1.85. The van der Waals surface area contributed by atoms with Crippen LogP contribution in [0, 0.1) is 0 Å². The number of nitrogen functional groups attached to an aromatic ring is 1. The van der Waals surface area contributed by atoms with Crippen molar-refractivity contribution < 1.29 is 4.74 Å². The predicted octanol–water partition coefficient (Wildman–Crippen LogP) is 0.105. The summed E-state index contributed by atoms with van der Waals surface area (Å²) in [6.07, 6.45) is 0. The van der Waals surface area contributed by atoms with Gasteiger partial charge in [-0.1, -0.05) is 0 Å². The molecule has 0 unspecified atom stereocenters. The minimum absolute atomic E-state index is 0.261. The molecule has 0 amide bonds. The summed E-state index contributed by atoms with van der Waals surface area (Å²) in [6.45, 7) is 2.46. The van der Waals surface area contributed by atoms with Gasteiger partial charge in [0.05, 0.1) is 6.61 Å². The summed E-state index contributed by atoms with van der Waals surface area (Å²) < 4.78 is 6.63. The zero-order chi connectivity index (χ0) is 9.26. The Morgan fingerprint density at radius 1 is 1.46 bits per heavy atom. The molecule has 2 rings (SSSR count). The number of fused-ring (bicyclic) bond motifs is 1. The Morgan fingerprint density at radius 2 is 2.31 bits per heavy atom. The second-order valence-corrected chi connectivity index (χ2v) is 2.43. The van der Waals surface area contributed by atoms with E-state index < -0.39 is 0 Å². The molecule has 0 spiro atoms. The Morgan fingerprint density at radius 3 is 3.08 bits per heavy atom. The second kappa shape index (κ2) is 2.89. The first-order valence-electron chi connectivity index (χ1n) is 3.92. The van der Waals surface area contributed by atoms with Crippen LogP contribution < -0.4 is 10.5 Å². The van der Waals surface area contributed by atoms with Crippen LogP contribution in [0.25, 0.3) is 5.65 Å². The Kier molecular flexibility index (Phi) is 1.73. The quantitative estimate of drug-likeness (QED) is 0.707. The third-order valence-corrected chi connectivity index (χ3v) is 1.55. The van der Waals surface area contributed by atoms with Gasteiger partial charge in [0.1, 0.15) is 0 Å². The van der Waals surface area contributed by atoms with E-state index in [2.05, 4.69) is 15.3 Å². The van der Waals surface area contributed by atoms with Gasteiger partial charge in [0, 0.05) is 6.07 Å². The molecule has 0 bridgehead atoms. The highest BCUT2D eigenvalue weighted by Crippen LogP contribution is 2.09. The molecule has 0 aliphatic carbocycles. The van der Waals surface area contributed by atoms with Gasteiger partial charge in [0.15, 0.2) is 5.65 Å². The summed E-state index contributed by atoms with van der Waals surface area (Å²) in [5, 5.41) is 11.5. The highest BCUT2D eigenvalue weighted by Gasteiger charge is 2.03. The average Bonchev–Trinajstić information content (AvgIpc) is 2.49. The molecule has 6 nitrogen and oxygen atoms in total.